The normalized spacial score (nSPS) is 19.8. The van der Waals surface area contributed by atoms with Crippen molar-refractivity contribution in [2.75, 3.05) is 25.1 Å². The fraction of sp³-hybridized carbons (Fsp3) is 0.593. The average Bonchev–Trinajstić information content (AvgIpc) is 3.30. The molecule has 0 saturated heterocycles. The quantitative estimate of drug-likeness (QED) is 0.596. The largest absolute Gasteiger partial charge is 0.344 e. The zero-order valence-electron chi connectivity index (χ0n) is 22.6. The maximum Gasteiger partial charge on any atom is 0.243 e. The zero-order chi connectivity index (χ0) is 26.9. The molecule has 1 aromatic heterocycles. The number of thioether (sulfide) groups is 1. The monoisotopic (exact) mass is 528 g/mol. The van der Waals surface area contributed by atoms with Crippen molar-refractivity contribution in [1.29, 1.82) is 0 Å². The van der Waals surface area contributed by atoms with Crippen molar-refractivity contribution in [3.63, 3.8) is 0 Å². The maximum atomic E-state index is 13.4. The predicted molar refractivity (Wildman–Crippen MR) is 147 cm³/mol. The van der Waals surface area contributed by atoms with E-state index < -0.39 is 12.1 Å². The third kappa shape index (κ3) is 7.80. The van der Waals surface area contributed by atoms with Crippen LogP contribution in [0, 0.1) is 11.8 Å². The van der Waals surface area contributed by atoms with Crippen molar-refractivity contribution < 1.29 is 14.4 Å². The first-order valence-corrected chi connectivity index (χ1v) is 14.5. The third-order valence-electron chi connectivity index (χ3n) is 6.46. The molecule has 1 aliphatic rings. The Labute approximate surface area is 224 Å². The number of nitrogens with one attached hydrogen (secondary N) is 2. The minimum absolute atomic E-state index is 0.0220. The molecule has 10 heteroatoms. The Morgan fingerprint density at radius 3 is 2.46 bits per heavy atom. The van der Waals surface area contributed by atoms with Crippen LogP contribution < -0.4 is 10.6 Å². The molecule has 9 nitrogen and oxygen atoms in total. The van der Waals surface area contributed by atoms with Gasteiger partial charge < -0.3 is 15.5 Å². The lowest BCUT2D eigenvalue weighted by atomic mass is 10.0. The number of fused-ring (bicyclic) bond motifs is 1. The van der Waals surface area contributed by atoms with Crippen molar-refractivity contribution in [2.24, 2.45) is 11.8 Å². The van der Waals surface area contributed by atoms with Gasteiger partial charge in [-0.05, 0) is 30.8 Å². The van der Waals surface area contributed by atoms with Crippen LogP contribution >= 0.6 is 11.8 Å². The molecule has 0 saturated carbocycles. The van der Waals surface area contributed by atoms with Crippen molar-refractivity contribution in [2.45, 2.75) is 65.6 Å². The van der Waals surface area contributed by atoms with Crippen LogP contribution in [0.3, 0.4) is 0 Å². The van der Waals surface area contributed by atoms with E-state index in [0.29, 0.717) is 44.1 Å². The molecule has 2 N–H and O–H groups in total. The summed E-state index contributed by atoms with van der Waals surface area (Å²) in [5, 5.41) is 10.9. The molecule has 37 heavy (non-hydrogen) atoms. The van der Waals surface area contributed by atoms with Crippen LogP contribution in [0.2, 0.25) is 0 Å². The molecule has 202 valence electrons. The number of hydrogen-bond acceptors (Lipinski definition) is 6. The van der Waals surface area contributed by atoms with Crippen LogP contribution in [-0.2, 0) is 20.9 Å². The summed E-state index contributed by atoms with van der Waals surface area (Å²) in [6.07, 6.45) is 3.29. The fourth-order valence-electron chi connectivity index (χ4n) is 4.36. The summed E-state index contributed by atoms with van der Waals surface area (Å²) in [5.41, 5.74) is 0.884. The van der Waals surface area contributed by atoms with E-state index >= 15 is 0 Å². The van der Waals surface area contributed by atoms with E-state index in [1.165, 1.54) is 0 Å². The van der Waals surface area contributed by atoms with Gasteiger partial charge in [0.25, 0.3) is 0 Å². The van der Waals surface area contributed by atoms with E-state index in [0.717, 1.165) is 11.3 Å². The Balaban J connectivity index is 2.03. The summed E-state index contributed by atoms with van der Waals surface area (Å²) < 4.78 is 1.83. The predicted octanol–water partition coefficient (Wildman–Crippen LogP) is 3.27. The summed E-state index contributed by atoms with van der Waals surface area (Å²) in [7, 11) is 0. The smallest absolute Gasteiger partial charge is 0.243 e. The number of nitrogens with zero attached hydrogens (tertiary/aromatic N) is 4. The minimum atomic E-state index is -0.637. The second kappa shape index (κ2) is 13.6. The molecule has 3 rings (SSSR count). The lowest BCUT2D eigenvalue weighted by Crippen LogP contribution is -2.49. The summed E-state index contributed by atoms with van der Waals surface area (Å²) in [6.45, 7) is 9.17. The summed E-state index contributed by atoms with van der Waals surface area (Å²) in [6, 6.07) is 8.68. The van der Waals surface area contributed by atoms with Crippen molar-refractivity contribution >= 4 is 29.5 Å². The number of rotatable bonds is 6. The molecule has 0 spiro atoms. The molecule has 2 aromatic rings. The number of amides is 3. The highest BCUT2D eigenvalue weighted by Crippen LogP contribution is 2.25. The molecule has 1 aliphatic heterocycles. The fourth-order valence-corrected chi connectivity index (χ4v) is 4.83. The standard InChI is InChI=1S/C27H40N6O3S/c1-18(2)23-25-30-24(20-10-7-6-8-11-20)31-33(25)16-15-32(27(36)19(3)4)14-9-12-22(34)28-21(13-17-37-5)26(35)29-23/h6-8,10-11,18-19,21,23H,9,12-17H2,1-5H3,(H,28,34)(H,29,35)/t21-,23+/m0/s1. The topological polar surface area (TPSA) is 109 Å². The van der Waals surface area contributed by atoms with Crippen molar-refractivity contribution in [3.8, 4) is 11.4 Å². The number of aromatic nitrogens is 3. The zero-order valence-corrected chi connectivity index (χ0v) is 23.4. The molecule has 0 radical (unpaired) electrons. The van der Waals surface area contributed by atoms with Crippen molar-refractivity contribution in [3.05, 3.63) is 36.2 Å². The van der Waals surface area contributed by atoms with E-state index in [4.69, 9.17) is 10.1 Å². The summed E-state index contributed by atoms with van der Waals surface area (Å²) in [5.74, 6) is 1.49. The van der Waals surface area contributed by atoms with Gasteiger partial charge in [-0.1, -0.05) is 58.0 Å². The van der Waals surface area contributed by atoms with E-state index in [9.17, 15) is 14.4 Å². The van der Waals surface area contributed by atoms with Gasteiger partial charge in [0.1, 0.15) is 6.04 Å². The van der Waals surface area contributed by atoms with Gasteiger partial charge in [0.05, 0.1) is 12.6 Å². The Morgan fingerprint density at radius 2 is 1.81 bits per heavy atom. The molecule has 0 bridgehead atoms. The Morgan fingerprint density at radius 1 is 1.08 bits per heavy atom. The molecule has 3 amide bonds. The first kappa shape index (κ1) is 28.7. The first-order chi connectivity index (χ1) is 17.7. The molecule has 2 atom stereocenters. The van der Waals surface area contributed by atoms with Crippen LogP contribution in [0.4, 0.5) is 0 Å². The van der Waals surface area contributed by atoms with Crippen LogP contribution in [0.1, 0.15) is 58.8 Å². The second-order valence-electron chi connectivity index (χ2n) is 10.1. The van der Waals surface area contributed by atoms with Gasteiger partial charge in [-0.15, -0.1) is 0 Å². The van der Waals surface area contributed by atoms with Crippen molar-refractivity contribution in [1.82, 2.24) is 30.3 Å². The Hall–Kier alpha value is -2.88. The molecule has 1 aromatic carbocycles. The average molecular weight is 529 g/mol. The highest BCUT2D eigenvalue weighted by atomic mass is 32.2. The second-order valence-corrected chi connectivity index (χ2v) is 11.1. The Bertz CT molecular complexity index is 1060. The molecular formula is C27H40N6O3S. The van der Waals surface area contributed by atoms with Crippen LogP contribution in [0.25, 0.3) is 11.4 Å². The minimum Gasteiger partial charge on any atom is -0.344 e. The number of carbonyl (C=O) groups excluding carboxylic acids is 3. The molecular weight excluding hydrogens is 488 g/mol. The SMILES string of the molecule is CSCC[C@@H]1NC(=O)CCCN(C(=O)C(C)C)CCn2nc(-c3ccccc3)nc2[C@@H](C(C)C)NC1=O. The number of carbonyl (C=O) groups is 3. The number of hydrogen-bond donors (Lipinski definition) is 2. The van der Waals surface area contributed by atoms with Gasteiger partial charge in [-0.25, -0.2) is 9.67 Å². The molecule has 0 aliphatic carbocycles. The highest BCUT2D eigenvalue weighted by Gasteiger charge is 2.30. The molecule has 0 unspecified atom stereocenters. The summed E-state index contributed by atoms with van der Waals surface area (Å²) >= 11 is 1.63. The number of benzene rings is 1. The van der Waals surface area contributed by atoms with E-state index in [1.54, 1.807) is 11.8 Å². The van der Waals surface area contributed by atoms with E-state index in [2.05, 4.69) is 10.6 Å². The van der Waals surface area contributed by atoms with Crippen LogP contribution in [-0.4, -0.2) is 68.5 Å². The maximum absolute atomic E-state index is 13.4. The van der Waals surface area contributed by atoms with Gasteiger partial charge in [-0.3, -0.25) is 14.4 Å². The van der Waals surface area contributed by atoms with Gasteiger partial charge in [0.15, 0.2) is 11.6 Å². The summed E-state index contributed by atoms with van der Waals surface area (Å²) in [4.78, 5) is 45.8. The lowest BCUT2D eigenvalue weighted by Gasteiger charge is -2.28. The Kier molecular flexibility index (Phi) is 10.5. The molecule has 2 heterocycles. The van der Waals surface area contributed by atoms with Gasteiger partial charge >= 0.3 is 0 Å². The first-order valence-electron chi connectivity index (χ1n) is 13.1. The lowest BCUT2D eigenvalue weighted by molar-refractivity contribution is -0.135. The van der Waals surface area contributed by atoms with E-state index in [-0.39, 0.29) is 36.0 Å². The van der Waals surface area contributed by atoms with E-state index in [1.807, 2.05) is 73.9 Å². The third-order valence-corrected chi connectivity index (χ3v) is 7.10. The van der Waals surface area contributed by atoms with Gasteiger partial charge in [0.2, 0.25) is 17.7 Å². The van der Waals surface area contributed by atoms with Gasteiger partial charge in [0, 0.05) is 31.0 Å². The van der Waals surface area contributed by atoms with Crippen LogP contribution in [0.15, 0.2) is 30.3 Å². The highest BCUT2D eigenvalue weighted by molar-refractivity contribution is 7.98. The van der Waals surface area contributed by atoms with Crippen LogP contribution in [0.5, 0.6) is 0 Å². The van der Waals surface area contributed by atoms with Gasteiger partial charge in [-0.2, -0.15) is 16.9 Å². The molecule has 0 fully saturated rings.